The molecule has 72 valence electrons. The van der Waals surface area contributed by atoms with Crippen molar-refractivity contribution in [2.45, 2.75) is 0 Å². The molecule has 0 unspecified atom stereocenters. The SMILES string of the molecule is NCC(=O)c1cnc2ccc(Br)cn12. The lowest BCUT2D eigenvalue weighted by molar-refractivity contribution is 0.0996. The molecule has 14 heavy (non-hydrogen) atoms. The van der Waals surface area contributed by atoms with Crippen molar-refractivity contribution < 1.29 is 4.79 Å². The van der Waals surface area contributed by atoms with Gasteiger partial charge in [-0.3, -0.25) is 9.20 Å². The Kier molecular flexibility index (Phi) is 2.35. The second kappa shape index (κ2) is 3.51. The van der Waals surface area contributed by atoms with E-state index in [2.05, 4.69) is 20.9 Å². The van der Waals surface area contributed by atoms with Crippen LogP contribution in [0.2, 0.25) is 0 Å². The summed E-state index contributed by atoms with van der Waals surface area (Å²) < 4.78 is 2.62. The third kappa shape index (κ3) is 1.44. The van der Waals surface area contributed by atoms with Crippen molar-refractivity contribution in [3.05, 3.63) is 34.7 Å². The molecule has 0 aliphatic carbocycles. The molecular weight excluding hydrogens is 246 g/mol. The molecule has 2 heterocycles. The Bertz CT molecular complexity index is 492. The highest BCUT2D eigenvalue weighted by molar-refractivity contribution is 9.10. The average Bonchev–Trinajstić information content (AvgIpc) is 2.59. The average molecular weight is 254 g/mol. The molecule has 0 amide bonds. The van der Waals surface area contributed by atoms with Crippen LogP contribution in [0.4, 0.5) is 0 Å². The molecule has 0 aliphatic rings. The maximum absolute atomic E-state index is 11.4. The molecule has 0 aliphatic heterocycles. The van der Waals surface area contributed by atoms with Crippen LogP contribution in [-0.2, 0) is 0 Å². The second-order valence-corrected chi connectivity index (χ2v) is 3.76. The first-order valence-corrected chi connectivity index (χ1v) is 4.87. The van der Waals surface area contributed by atoms with Crippen LogP contribution < -0.4 is 5.73 Å². The summed E-state index contributed by atoms with van der Waals surface area (Å²) in [6.07, 6.45) is 3.34. The summed E-state index contributed by atoms with van der Waals surface area (Å²) in [5.41, 5.74) is 6.55. The summed E-state index contributed by atoms with van der Waals surface area (Å²) in [5, 5.41) is 0. The number of carbonyl (C=O) groups is 1. The molecule has 2 rings (SSSR count). The van der Waals surface area contributed by atoms with E-state index in [0.717, 1.165) is 10.1 Å². The van der Waals surface area contributed by atoms with E-state index in [9.17, 15) is 4.79 Å². The zero-order chi connectivity index (χ0) is 10.1. The van der Waals surface area contributed by atoms with Gasteiger partial charge < -0.3 is 5.73 Å². The molecule has 2 aromatic rings. The van der Waals surface area contributed by atoms with Crippen molar-refractivity contribution in [3.63, 3.8) is 0 Å². The molecule has 2 N–H and O–H groups in total. The van der Waals surface area contributed by atoms with Crippen LogP contribution in [0.1, 0.15) is 10.5 Å². The first kappa shape index (κ1) is 9.36. The number of imidazole rings is 1. The molecular formula is C9H8BrN3O. The number of rotatable bonds is 2. The predicted octanol–water partition coefficient (Wildman–Crippen LogP) is 1.24. The van der Waals surface area contributed by atoms with Crippen LogP contribution in [0.15, 0.2) is 29.0 Å². The van der Waals surface area contributed by atoms with Crippen molar-refractivity contribution in [1.82, 2.24) is 9.38 Å². The molecule has 0 atom stereocenters. The molecule has 5 heteroatoms. The quantitative estimate of drug-likeness (QED) is 0.820. The summed E-state index contributed by atoms with van der Waals surface area (Å²) in [7, 11) is 0. The molecule has 0 fully saturated rings. The predicted molar refractivity (Wildman–Crippen MR) is 56.3 cm³/mol. The van der Waals surface area contributed by atoms with Gasteiger partial charge in [-0.25, -0.2) is 4.98 Å². The second-order valence-electron chi connectivity index (χ2n) is 2.85. The van der Waals surface area contributed by atoms with E-state index in [1.165, 1.54) is 6.20 Å². The van der Waals surface area contributed by atoms with Gasteiger partial charge in [-0.15, -0.1) is 0 Å². The first-order valence-electron chi connectivity index (χ1n) is 4.08. The van der Waals surface area contributed by atoms with Crippen molar-refractivity contribution in [1.29, 1.82) is 0 Å². The van der Waals surface area contributed by atoms with E-state index in [-0.39, 0.29) is 12.3 Å². The van der Waals surface area contributed by atoms with Gasteiger partial charge in [0.05, 0.1) is 12.7 Å². The van der Waals surface area contributed by atoms with Crippen LogP contribution >= 0.6 is 15.9 Å². The number of nitrogens with zero attached hydrogens (tertiary/aromatic N) is 2. The summed E-state index contributed by atoms with van der Waals surface area (Å²) in [6.45, 7) is 0.000304. The molecule has 0 saturated carbocycles. The smallest absolute Gasteiger partial charge is 0.194 e. The molecule has 0 saturated heterocycles. The first-order chi connectivity index (χ1) is 6.72. The number of aromatic nitrogens is 2. The van der Waals surface area contributed by atoms with E-state index in [0.29, 0.717) is 5.69 Å². The molecule has 0 radical (unpaired) electrons. The van der Waals surface area contributed by atoms with Crippen LogP contribution in [0.5, 0.6) is 0 Å². The monoisotopic (exact) mass is 253 g/mol. The lowest BCUT2D eigenvalue weighted by Gasteiger charge is -1.99. The van der Waals surface area contributed by atoms with Gasteiger partial charge in [0.25, 0.3) is 0 Å². The standard InChI is InChI=1S/C9H8BrN3O/c10-6-1-2-9-12-4-7(8(14)3-11)13(9)5-6/h1-2,4-5H,3,11H2. The maximum atomic E-state index is 11.4. The minimum absolute atomic E-state index is 0.000304. The van der Waals surface area contributed by atoms with Crippen LogP contribution in [0.3, 0.4) is 0 Å². The minimum atomic E-state index is -0.115. The number of halogens is 1. The fourth-order valence-corrected chi connectivity index (χ4v) is 1.60. The lowest BCUT2D eigenvalue weighted by Crippen LogP contribution is -2.15. The number of ketones is 1. The highest BCUT2D eigenvalue weighted by Gasteiger charge is 2.09. The Labute approximate surface area is 88.9 Å². The third-order valence-corrected chi connectivity index (χ3v) is 2.41. The Morgan fingerprint density at radius 1 is 1.57 bits per heavy atom. The van der Waals surface area contributed by atoms with Crippen molar-refractivity contribution in [2.24, 2.45) is 5.73 Å². The third-order valence-electron chi connectivity index (χ3n) is 1.94. The zero-order valence-electron chi connectivity index (χ0n) is 7.27. The normalized spacial score (nSPS) is 10.7. The van der Waals surface area contributed by atoms with Gasteiger partial charge in [-0.1, -0.05) is 0 Å². The van der Waals surface area contributed by atoms with Crippen molar-refractivity contribution >= 4 is 27.4 Å². The molecule has 4 nitrogen and oxygen atoms in total. The number of hydrogen-bond donors (Lipinski definition) is 1. The number of fused-ring (bicyclic) bond motifs is 1. The van der Waals surface area contributed by atoms with E-state index in [1.54, 1.807) is 10.6 Å². The van der Waals surface area contributed by atoms with E-state index in [1.807, 2.05) is 12.1 Å². The molecule has 0 spiro atoms. The molecule has 2 aromatic heterocycles. The highest BCUT2D eigenvalue weighted by atomic mass is 79.9. The summed E-state index contributed by atoms with van der Waals surface area (Å²) in [4.78, 5) is 15.5. The van der Waals surface area contributed by atoms with Crippen LogP contribution in [0, 0.1) is 0 Å². The van der Waals surface area contributed by atoms with Gasteiger partial charge in [-0.05, 0) is 28.1 Å². The number of carbonyl (C=O) groups excluding carboxylic acids is 1. The zero-order valence-corrected chi connectivity index (χ0v) is 8.86. The van der Waals surface area contributed by atoms with E-state index < -0.39 is 0 Å². The Balaban J connectivity index is 2.67. The fraction of sp³-hybridized carbons (Fsp3) is 0.111. The number of hydrogen-bond acceptors (Lipinski definition) is 3. The number of nitrogens with two attached hydrogens (primary N) is 1. The fourth-order valence-electron chi connectivity index (χ4n) is 1.27. The van der Waals surface area contributed by atoms with Gasteiger partial charge in [0.1, 0.15) is 11.3 Å². The van der Waals surface area contributed by atoms with Gasteiger partial charge in [-0.2, -0.15) is 0 Å². The Morgan fingerprint density at radius 2 is 2.36 bits per heavy atom. The maximum Gasteiger partial charge on any atom is 0.194 e. The Hall–Kier alpha value is -1.20. The Morgan fingerprint density at radius 3 is 3.07 bits per heavy atom. The minimum Gasteiger partial charge on any atom is -0.324 e. The summed E-state index contributed by atoms with van der Waals surface area (Å²) >= 11 is 3.33. The highest BCUT2D eigenvalue weighted by Crippen LogP contribution is 2.13. The lowest BCUT2D eigenvalue weighted by atomic mass is 10.3. The van der Waals surface area contributed by atoms with Crippen molar-refractivity contribution in [3.8, 4) is 0 Å². The van der Waals surface area contributed by atoms with Gasteiger partial charge >= 0.3 is 0 Å². The van der Waals surface area contributed by atoms with Gasteiger partial charge in [0.2, 0.25) is 0 Å². The largest absolute Gasteiger partial charge is 0.324 e. The van der Waals surface area contributed by atoms with E-state index >= 15 is 0 Å². The summed E-state index contributed by atoms with van der Waals surface area (Å²) in [5.74, 6) is -0.115. The summed E-state index contributed by atoms with van der Waals surface area (Å²) in [6, 6.07) is 3.70. The van der Waals surface area contributed by atoms with Crippen molar-refractivity contribution in [2.75, 3.05) is 6.54 Å². The van der Waals surface area contributed by atoms with Crippen LogP contribution in [0.25, 0.3) is 5.65 Å². The van der Waals surface area contributed by atoms with Gasteiger partial charge in [0, 0.05) is 10.7 Å². The molecule has 0 aromatic carbocycles. The van der Waals surface area contributed by atoms with E-state index in [4.69, 9.17) is 5.73 Å². The number of Topliss-reactive ketones (excluding diaryl/α,β-unsaturated/α-hetero) is 1. The van der Waals surface area contributed by atoms with Crippen LogP contribution in [-0.4, -0.2) is 21.7 Å². The molecule has 0 bridgehead atoms. The van der Waals surface area contributed by atoms with Gasteiger partial charge in [0.15, 0.2) is 5.78 Å². The number of pyridine rings is 1. The topological polar surface area (TPSA) is 60.4 Å².